The van der Waals surface area contributed by atoms with Gasteiger partial charge in [-0.2, -0.15) is 0 Å². The largest absolute Gasteiger partial charge is 0.504 e. The minimum absolute atomic E-state index is 0.0946. The first-order valence-corrected chi connectivity index (χ1v) is 8.92. The first kappa shape index (κ1) is 16.9. The van der Waals surface area contributed by atoms with Gasteiger partial charge in [-0.25, -0.2) is 9.97 Å². The Kier molecular flexibility index (Phi) is 5.11. The number of benzene rings is 1. The van der Waals surface area contributed by atoms with E-state index >= 15 is 0 Å². The molecule has 6 nitrogen and oxygen atoms in total. The molecule has 0 radical (unpaired) electrons. The predicted molar refractivity (Wildman–Crippen MR) is 92.8 cm³/mol. The normalized spacial score (nSPS) is 14.3. The molecule has 0 bridgehead atoms. The Balaban J connectivity index is 1.76. The summed E-state index contributed by atoms with van der Waals surface area (Å²) in [5, 5.41) is 10.9. The summed E-state index contributed by atoms with van der Waals surface area (Å²) in [6.07, 6.45) is 4.82. The van der Waals surface area contributed by atoms with Crippen LogP contribution >= 0.6 is 11.8 Å². The number of fused-ring (bicyclic) bond motifs is 1. The molecule has 2 aromatic rings. The highest BCUT2D eigenvalue weighted by Crippen LogP contribution is 2.37. The van der Waals surface area contributed by atoms with Gasteiger partial charge >= 0.3 is 0 Å². The van der Waals surface area contributed by atoms with Gasteiger partial charge in [0.15, 0.2) is 16.7 Å². The quantitative estimate of drug-likeness (QED) is 0.658. The lowest BCUT2D eigenvalue weighted by Gasteiger charge is -2.28. The minimum atomic E-state index is 0.0946. The van der Waals surface area contributed by atoms with Crippen LogP contribution in [0.3, 0.4) is 0 Å². The Labute approximate surface area is 145 Å². The fraction of sp³-hybridized carbons (Fsp3) is 0.412. The van der Waals surface area contributed by atoms with Crippen molar-refractivity contribution in [1.29, 1.82) is 0 Å². The molecule has 0 atom stereocenters. The third kappa shape index (κ3) is 3.42. The minimum Gasteiger partial charge on any atom is -0.504 e. The number of phenolic OH excluding ortho intramolecular Hbond substituents is 1. The first-order chi connectivity index (χ1) is 11.6. The summed E-state index contributed by atoms with van der Waals surface area (Å²) in [5.41, 5.74) is 3.29. The molecule has 24 heavy (non-hydrogen) atoms. The van der Waals surface area contributed by atoms with Crippen LogP contribution in [-0.2, 0) is 19.5 Å². The highest BCUT2D eigenvalue weighted by molar-refractivity contribution is 7.98. The van der Waals surface area contributed by atoms with Crippen molar-refractivity contribution in [1.82, 2.24) is 14.9 Å². The second-order valence-electron chi connectivity index (χ2n) is 5.64. The summed E-state index contributed by atoms with van der Waals surface area (Å²) < 4.78 is 10.5. The molecule has 0 fully saturated rings. The molecule has 1 aliphatic heterocycles. The molecule has 0 unspecified atom stereocenters. The Morgan fingerprint density at radius 1 is 1.29 bits per heavy atom. The number of phenols is 1. The first-order valence-electron chi connectivity index (χ1n) is 7.69. The molecule has 2 heterocycles. The van der Waals surface area contributed by atoms with Crippen LogP contribution in [0.2, 0.25) is 0 Å². The summed E-state index contributed by atoms with van der Waals surface area (Å²) in [6.45, 7) is 2.45. The van der Waals surface area contributed by atoms with E-state index in [9.17, 15) is 5.11 Å². The third-order valence-corrected chi connectivity index (χ3v) is 4.66. The zero-order valence-electron chi connectivity index (χ0n) is 14.1. The molecule has 1 aliphatic rings. The molecule has 7 heteroatoms. The highest BCUT2D eigenvalue weighted by Gasteiger charge is 2.20. The van der Waals surface area contributed by atoms with E-state index in [1.165, 1.54) is 12.7 Å². The van der Waals surface area contributed by atoms with Crippen molar-refractivity contribution in [2.24, 2.45) is 0 Å². The molecule has 1 N–H and O–H groups in total. The molecule has 1 aromatic carbocycles. The Bertz CT molecular complexity index is 739. The maximum atomic E-state index is 10.1. The SMILES string of the molecule is COc1cc(CN2CCc3nc(SC)ncc3C2)cc(O)c1OC. The zero-order chi connectivity index (χ0) is 17.1. The predicted octanol–water partition coefficient (Wildman–Crippen LogP) is 2.48. The number of hydrogen-bond acceptors (Lipinski definition) is 7. The average molecular weight is 347 g/mol. The van der Waals surface area contributed by atoms with E-state index in [0.717, 1.165) is 42.5 Å². The molecule has 0 saturated carbocycles. The van der Waals surface area contributed by atoms with Crippen LogP contribution in [0.4, 0.5) is 0 Å². The lowest BCUT2D eigenvalue weighted by molar-refractivity contribution is 0.241. The summed E-state index contributed by atoms with van der Waals surface area (Å²) in [6, 6.07) is 3.63. The van der Waals surface area contributed by atoms with Gasteiger partial charge < -0.3 is 14.6 Å². The van der Waals surface area contributed by atoms with Crippen molar-refractivity contribution in [3.05, 3.63) is 35.2 Å². The number of methoxy groups -OCH3 is 2. The van der Waals surface area contributed by atoms with Crippen molar-refractivity contribution in [2.75, 3.05) is 27.0 Å². The molecule has 0 aliphatic carbocycles. The molecule has 128 valence electrons. The number of aromatic hydroxyl groups is 1. The van der Waals surface area contributed by atoms with Crippen molar-refractivity contribution in [2.45, 2.75) is 24.7 Å². The Hall–Kier alpha value is -1.99. The molecule has 3 rings (SSSR count). The number of nitrogens with zero attached hydrogens (tertiary/aromatic N) is 3. The highest BCUT2D eigenvalue weighted by atomic mass is 32.2. The topological polar surface area (TPSA) is 67.7 Å². The average Bonchev–Trinajstić information content (AvgIpc) is 2.60. The van der Waals surface area contributed by atoms with Gasteiger partial charge in [-0.1, -0.05) is 11.8 Å². The van der Waals surface area contributed by atoms with Gasteiger partial charge in [0.25, 0.3) is 0 Å². The van der Waals surface area contributed by atoms with E-state index in [2.05, 4.69) is 14.9 Å². The molecule has 0 saturated heterocycles. The fourth-order valence-electron chi connectivity index (χ4n) is 2.94. The van der Waals surface area contributed by atoms with Crippen LogP contribution in [0.25, 0.3) is 0 Å². The third-order valence-electron chi connectivity index (χ3n) is 4.10. The summed E-state index contributed by atoms with van der Waals surface area (Å²) >= 11 is 1.56. The van der Waals surface area contributed by atoms with Crippen LogP contribution in [-0.4, -0.2) is 47.0 Å². The number of thioether (sulfide) groups is 1. The van der Waals surface area contributed by atoms with Crippen LogP contribution in [0, 0.1) is 0 Å². The number of aromatic nitrogens is 2. The van der Waals surface area contributed by atoms with E-state index in [1.54, 1.807) is 24.9 Å². The lowest BCUT2D eigenvalue weighted by atomic mass is 10.1. The Morgan fingerprint density at radius 2 is 2.12 bits per heavy atom. The second kappa shape index (κ2) is 7.27. The van der Waals surface area contributed by atoms with Crippen molar-refractivity contribution < 1.29 is 14.6 Å². The monoisotopic (exact) mass is 347 g/mol. The van der Waals surface area contributed by atoms with Gasteiger partial charge in [-0.15, -0.1) is 0 Å². The molecule has 0 amide bonds. The van der Waals surface area contributed by atoms with Gasteiger partial charge in [-0.3, -0.25) is 4.90 Å². The molecular weight excluding hydrogens is 326 g/mol. The Morgan fingerprint density at radius 3 is 2.83 bits per heavy atom. The maximum Gasteiger partial charge on any atom is 0.203 e. The van der Waals surface area contributed by atoms with Crippen molar-refractivity contribution in [3.63, 3.8) is 0 Å². The van der Waals surface area contributed by atoms with E-state index in [0.29, 0.717) is 11.5 Å². The number of ether oxygens (including phenoxy) is 2. The summed E-state index contributed by atoms with van der Waals surface area (Å²) in [5.74, 6) is 0.998. The second-order valence-corrected chi connectivity index (χ2v) is 6.41. The van der Waals surface area contributed by atoms with E-state index in [4.69, 9.17) is 9.47 Å². The van der Waals surface area contributed by atoms with Crippen molar-refractivity contribution in [3.8, 4) is 17.2 Å². The van der Waals surface area contributed by atoms with Gasteiger partial charge in [-0.05, 0) is 24.0 Å². The van der Waals surface area contributed by atoms with E-state index < -0.39 is 0 Å². The molecule has 0 spiro atoms. The standard InChI is InChI=1S/C17H21N3O3S/c1-22-15-7-11(6-14(21)16(15)23-2)9-20-5-4-13-12(10-20)8-18-17(19-13)24-3/h6-8,21H,4-5,9-10H2,1-3H3. The van der Waals surface area contributed by atoms with Crippen LogP contribution in [0.1, 0.15) is 16.8 Å². The maximum absolute atomic E-state index is 10.1. The smallest absolute Gasteiger partial charge is 0.203 e. The number of hydrogen-bond donors (Lipinski definition) is 1. The summed E-state index contributed by atoms with van der Waals surface area (Å²) in [7, 11) is 3.08. The zero-order valence-corrected chi connectivity index (χ0v) is 14.9. The van der Waals surface area contributed by atoms with Crippen LogP contribution in [0.5, 0.6) is 17.2 Å². The lowest BCUT2D eigenvalue weighted by Crippen LogP contribution is -2.31. The molecule has 1 aromatic heterocycles. The summed E-state index contributed by atoms with van der Waals surface area (Å²) in [4.78, 5) is 11.3. The van der Waals surface area contributed by atoms with Crippen LogP contribution < -0.4 is 9.47 Å². The van der Waals surface area contributed by atoms with Gasteiger partial charge in [0.2, 0.25) is 5.75 Å². The van der Waals surface area contributed by atoms with E-state index in [1.807, 2.05) is 18.5 Å². The van der Waals surface area contributed by atoms with Crippen LogP contribution in [0.15, 0.2) is 23.5 Å². The fourth-order valence-corrected chi connectivity index (χ4v) is 3.30. The number of rotatable bonds is 5. The van der Waals surface area contributed by atoms with Gasteiger partial charge in [0.05, 0.1) is 19.9 Å². The van der Waals surface area contributed by atoms with Gasteiger partial charge in [0.1, 0.15) is 0 Å². The van der Waals surface area contributed by atoms with Crippen molar-refractivity contribution >= 4 is 11.8 Å². The molecular formula is C17H21N3O3S. The van der Waals surface area contributed by atoms with E-state index in [-0.39, 0.29) is 5.75 Å². The van der Waals surface area contributed by atoms with Gasteiger partial charge in [0, 0.05) is 37.8 Å².